The molecule has 0 fully saturated rings. The molecule has 2 N–H and O–H groups in total. The smallest absolute Gasteiger partial charge is 0.210 e. The van der Waals surface area contributed by atoms with Gasteiger partial charge in [0, 0.05) is 37.1 Å². The molecule has 3 rings (SSSR count). The van der Waals surface area contributed by atoms with E-state index in [1.807, 2.05) is 24.3 Å². The molecule has 0 saturated carbocycles. The molecule has 2 aromatic heterocycles. The number of aryl methyl sites for hydroxylation is 1. The Bertz CT molecular complexity index is 1050. The van der Waals surface area contributed by atoms with Gasteiger partial charge in [0.25, 0.3) is 0 Å². The number of nitrogens with zero attached hydrogens (tertiary/aromatic N) is 3. The number of imidazole rings is 1. The van der Waals surface area contributed by atoms with Crippen LogP contribution in [-0.2, 0) is 23.4 Å². The van der Waals surface area contributed by atoms with Gasteiger partial charge in [-0.3, -0.25) is 4.79 Å². The molecule has 156 valence electrons. The fourth-order valence-electron chi connectivity index (χ4n) is 3.12. The van der Waals surface area contributed by atoms with Crippen molar-refractivity contribution < 1.29 is 19.5 Å². The van der Waals surface area contributed by atoms with Gasteiger partial charge in [0.2, 0.25) is 5.76 Å². The van der Waals surface area contributed by atoms with Crippen LogP contribution >= 0.6 is 0 Å². The number of rotatable bonds is 8. The van der Waals surface area contributed by atoms with Crippen molar-refractivity contribution in [3.05, 3.63) is 71.1 Å². The third kappa shape index (κ3) is 5.03. The summed E-state index contributed by atoms with van der Waals surface area (Å²) >= 11 is 0. The Morgan fingerprint density at radius 2 is 2.03 bits per heavy atom. The van der Waals surface area contributed by atoms with Gasteiger partial charge in [0.1, 0.15) is 11.5 Å². The highest BCUT2D eigenvalue weighted by atomic mass is 16.5. The maximum absolute atomic E-state index is 12.1. The zero-order valence-electron chi connectivity index (χ0n) is 17.1. The van der Waals surface area contributed by atoms with Crippen LogP contribution in [0.3, 0.4) is 0 Å². The summed E-state index contributed by atoms with van der Waals surface area (Å²) in [7, 11) is 0. The summed E-state index contributed by atoms with van der Waals surface area (Å²) in [5.74, 6) is 6.38. The number of benzene rings is 1. The fourth-order valence-corrected chi connectivity index (χ4v) is 3.12. The number of Topliss-reactive ketones (excluding diaryl/α,β-unsaturated/α-hetero) is 1. The Kier molecular flexibility index (Phi) is 6.83. The van der Waals surface area contributed by atoms with E-state index in [-0.39, 0.29) is 24.6 Å². The summed E-state index contributed by atoms with van der Waals surface area (Å²) in [5.41, 5.74) is 0.961. The molecule has 7 heteroatoms. The highest BCUT2D eigenvalue weighted by Crippen LogP contribution is 2.22. The highest BCUT2D eigenvalue weighted by Gasteiger charge is 2.35. The van der Waals surface area contributed by atoms with E-state index in [4.69, 9.17) is 9.63 Å². The predicted molar refractivity (Wildman–Crippen MR) is 111 cm³/mol. The van der Waals surface area contributed by atoms with Crippen molar-refractivity contribution in [2.75, 3.05) is 6.61 Å². The van der Waals surface area contributed by atoms with Gasteiger partial charge in [-0.2, -0.15) is 0 Å². The second-order valence-electron chi connectivity index (χ2n) is 7.18. The first-order valence-electron chi connectivity index (χ1n) is 9.88. The Morgan fingerprint density at radius 1 is 1.27 bits per heavy atom. The van der Waals surface area contributed by atoms with Gasteiger partial charge in [-0.05, 0) is 43.4 Å². The van der Waals surface area contributed by atoms with E-state index < -0.39 is 5.60 Å². The van der Waals surface area contributed by atoms with Crippen LogP contribution in [0.25, 0.3) is 0 Å². The number of carbonyl (C=O) groups excluding carboxylic acids is 1. The van der Waals surface area contributed by atoms with Gasteiger partial charge in [-0.15, -0.1) is 0 Å². The summed E-state index contributed by atoms with van der Waals surface area (Å²) in [6, 6.07) is 9.58. The lowest BCUT2D eigenvalue weighted by molar-refractivity contribution is -0.137. The van der Waals surface area contributed by atoms with Crippen LogP contribution in [0.1, 0.15) is 55.1 Å². The van der Waals surface area contributed by atoms with Gasteiger partial charge in [-0.1, -0.05) is 30.1 Å². The molecule has 0 radical (unpaired) electrons. The van der Waals surface area contributed by atoms with Crippen molar-refractivity contribution in [3.8, 4) is 11.8 Å². The van der Waals surface area contributed by atoms with E-state index in [1.165, 1.54) is 13.1 Å². The first kappa shape index (κ1) is 21.5. The van der Waals surface area contributed by atoms with Crippen LogP contribution in [0, 0.1) is 11.8 Å². The topological polar surface area (TPSA) is 101 Å². The Morgan fingerprint density at radius 3 is 2.73 bits per heavy atom. The quantitative estimate of drug-likeness (QED) is 0.556. The summed E-state index contributed by atoms with van der Waals surface area (Å²) < 4.78 is 6.97. The first-order valence-corrected chi connectivity index (χ1v) is 9.88. The van der Waals surface area contributed by atoms with Gasteiger partial charge < -0.3 is 19.3 Å². The van der Waals surface area contributed by atoms with Gasteiger partial charge >= 0.3 is 0 Å². The Balaban J connectivity index is 1.70. The maximum Gasteiger partial charge on any atom is 0.210 e. The van der Waals surface area contributed by atoms with Crippen LogP contribution in [0.2, 0.25) is 0 Å². The summed E-state index contributed by atoms with van der Waals surface area (Å²) in [5, 5.41) is 23.5. The molecule has 0 spiro atoms. The van der Waals surface area contributed by atoms with E-state index in [9.17, 15) is 9.90 Å². The largest absolute Gasteiger partial charge is 0.396 e. The number of ketones is 1. The van der Waals surface area contributed by atoms with Crippen LogP contribution in [0.5, 0.6) is 0 Å². The molecule has 0 amide bonds. The lowest BCUT2D eigenvalue weighted by Gasteiger charge is -2.21. The lowest BCUT2D eigenvalue weighted by Crippen LogP contribution is -2.35. The molecular weight excluding hydrogens is 382 g/mol. The summed E-state index contributed by atoms with van der Waals surface area (Å²) in [6.45, 7) is 3.64. The van der Waals surface area contributed by atoms with Crippen molar-refractivity contribution in [3.63, 3.8) is 0 Å². The number of hydrogen-bond acceptors (Lipinski definition) is 6. The molecule has 1 unspecified atom stereocenters. The zero-order valence-corrected chi connectivity index (χ0v) is 17.1. The molecule has 3 aromatic rings. The van der Waals surface area contributed by atoms with Crippen molar-refractivity contribution in [2.45, 2.75) is 45.3 Å². The number of aliphatic hydroxyl groups is 2. The SMILES string of the molecule is CCC(=O)C(C)(O)c1nccn1Cc1cc(C#Cc2ccc(CCCO)cc2)on1. The number of hydrogen-bond donors (Lipinski definition) is 2. The number of aliphatic hydroxyl groups excluding tert-OH is 1. The second-order valence-corrected chi connectivity index (χ2v) is 7.18. The third-order valence-corrected chi connectivity index (χ3v) is 4.81. The van der Waals surface area contributed by atoms with E-state index in [0.717, 1.165) is 24.0 Å². The number of aromatic nitrogens is 3. The molecule has 7 nitrogen and oxygen atoms in total. The highest BCUT2D eigenvalue weighted by molar-refractivity contribution is 5.86. The first-order chi connectivity index (χ1) is 14.4. The van der Waals surface area contributed by atoms with Crippen molar-refractivity contribution in [1.29, 1.82) is 0 Å². The molecule has 0 saturated heterocycles. The molecule has 1 atom stereocenters. The van der Waals surface area contributed by atoms with Gasteiger partial charge in [-0.25, -0.2) is 4.98 Å². The van der Waals surface area contributed by atoms with E-state index in [0.29, 0.717) is 18.0 Å². The summed E-state index contributed by atoms with van der Waals surface area (Å²) in [6.07, 6.45) is 5.02. The van der Waals surface area contributed by atoms with Gasteiger partial charge in [0.15, 0.2) is 11.4 Å². The van der Waals surface area contributed by atoms with Crippen LogP contribution in [0.4, 0.5) is 0 Å². The van der Waals surface area contributed by atoms with E-state index in [1.54, 1.807) is 23.8 Å². The minimum absolute atomic E-state index is 0.183. The maximum atomic E-state index is 12.1. The lowest BCUT2D eigenvalue weighted by atomic mass is 9.98. The van der Waals surface area contributed by atoms with Crippen molar-refractivity contribution in [1.82, 2.24) is 14.7 Å². The van der Waals surface area contributed by atoms with E-state index in [2.05, 4.69) is 22.0 Å². The van der Waals surface area contributed by atoms with Crippen LogP contribution in [0.15, 0.2) is 47.2 Å². The Hall–Kier alpha value is -3.21. The van der Waals surface area contributed by atoms with Crippen LogP contribution < -0.4 is 0 Å². The normalized spacial score (nSPS) is 12.8. The molecule has 1 aromatic carbocycles. The predicted octanol–water partition coefficient (Wildman–Crippen LogP) is 2.43. The van der Waals surface area contributed by atoms with Crippen molar-refractivity contribution in [2.24, 2.45) is 0 Å². The third-order valence-electron chi connectivity index (χ3n) is 4.81. The average molecular weight is 407 g/mol. The van der Waals surface area contributed by atoms with E-state index >= 15 is 0 Å². The molecule has 0 aliphatic rings. The molecular formula is C23H25N3O4. The van der Waals surface area contributed by atoms with Crippen LogP contribution in [-0.4, -0.2) is 37.3 Å². The molecule has 2 heterocycles. The summed E-state index contributed by atoms with van der Waals surface area (Å²) in [4.78, 5) is 16.2. The molecule has 0 aliphatic carbocycles. The standard InChI is InChI=1S/C23H25N3O4/c1-3-21(28)23(2,29)22-24-12-13-26(22)16-19-15-20(30-25-19)11-10-18-8-6-17(7-9-18)5-4-14-27/h6-9,12-13,15,27,29H,3-5,14,16H2,1-2H3. The minimum atomic E-state index is -1.66. The number of carbonyl (C=O) groups is 1. The van der Waals surface area contributed by atoms with Crippen molar-refractivity contribution >= 4 is 5.78 Å². The minimum Gasteiger partial charge on any atom is -0.396 e. The molecule has 0 aliphatic heterocycles. The average Bonchev–Trinajstić information content (AvgIpc) is 3.41. The monoisotopic (exact) mass is 407 g/mol. The molecule has 30 heavy (non-hydrogen) atoms. The Labute approximate surface area is 175 Å². The zero-order chi connectivity index (χ0) is 21.6. The molecule has 0 bridgehead atoms. The fraction of sp³-hybridized carbons (Fsp3) is 0.348. The van der Waals surface area contributed by atoms with Gasteiger partial charge in [0.05, 0.1) is 6.54 Å². The second kappa shape index (κ2) is 9.53.